The number of nitrogens with one attached hydrogen (secondary N) is 1. The normalized spacial score (nSPS) is 12.6. The van der Waals surface area contributed by atoms with Crippen molar-refractivity contribution in [2.24, 2.45) is 0 Å². The predicted octanol–water partition coefficient (Wildman–Crippen LogP) is 4.65. The van der Waals surface area contributed by atoms with Crippen molar-refractivity contribution in [3.8, 4) is 0 Å². The lowest BCUT2D eigenvalue weighted by molar-refractivity contribution is 0.533. The summed E-state index contributed by atoms with van der Waals surface area (Å²) in [5.41, 5.74) is 2.55. The molecule has 0 bridgehead atoms. The number of rotatable bonds is 6. The monoisotopic (exact) mass is 400 g/mol. The first kappa shape index (κ1) is 15.9. The molecule has 0 spiro atoms. The third kappa shape index (κ3) is 4.27. The van der Waals surface area contributed by atoms with Crippen LogP contribution in [0.1, 0.15) is 40.5 Å². The van der Waals surface area contributed by atoms with E-state index in [1.807, 2.05) is 11.3 Å². The Kier molecular flexibility index (Phi) is 5.99. The molecule has 20 heavy (non-hydrogen) atoms. The van der Waals surface area contributed by atoms with Crippen LogP contribution in [0.4, 0.5) is 0 Å². The Morgan fingerprint density at radius 3 is 2.50 bits per heavy atom. The maximum Gasteiger partial charge on any atom is 0.0900 e. The fourth-order valence-electron chi connectivity index (χ4n) is 2.30. The van der Waals surface area contributed by atoms with E-state index < -0.39 is 0 Å². The van der Waals surface area contributed by atoms with E-state index in [9.17, 15) is 0 Å². The lowest BCUT2D eigenvalue weighted by Gasteiger charge is -2.18. The van der Waals surface area contributed by atoms with Gasteiger partial charge in [-0.05, 0) is 73.5 Å². The first-order valence-electron chi connectivity index (χ1n) is 7.02. The van der Waals surface area contributed by atoms with E-state index >= 15 is 0 Å². The second kappa shape index (κ2) is 7.52. The molecule has 4 heteroatoms. The highest BCUT2D eigenvalue weighted by Gasteiger charge is 2.17. The number of hydrogen-bond donors (Lipinski definition) is 1. The van der Waals surface area contributed by atoms with Gasteiger partial charge in [0.05, 0.1) is 10.7 Å². The van der Waals surface area contributed by atoms with Crippen LogP contribution in [0.25, 0.3) is 0 Å². The second-order valence-corrected chi connectivity index (χ2v) is 7.50. The minimum Gasteiger partial charge on any atom is -0.309 e. The smallest absolute Gasteiger partial charge is 0.0900 e. The van der Waals surface area contributed by atoms with E-state index in [4.69, 9.17) is 0 Å². The lowest BCUT2D eigenvalue weighted by atomic mass is 10.0. The van der Waals surface area contributed by atoms with Gasteiger partial charge in [0.2, 0.25) is 0 Å². The predicted molar refractivity (Wildman–Crippen MR) is 95.5 cm³/mol. The molecule has 1 aromatic heterocycles. The van der Waals surface area contributed by atoms with Crippen molar-refractivity contribution < 1.29 is 0 Å². The van der Waals surface area contributed by atoms with Crippen LogP contribution >= 0.6 is 33.9 Å². The van der Waals surface area contributed by atoms with Crippen LogP contribution in [0.5, 0.6) is 0 Å². The molecule has 1 N–H and O–H groups in total. The van der Waals surface area contributed by atoms with Crippen molar-refractivity contribution in [3.63, 3.8) is 0 Å². The average Bonchev–Trinajstić information content (AvgIpc) is 2.76. The maximum absolute atomic E-state index is 4.57. The topological polar surface area (TPSA) is 24.9 Å². The molecule has 1 heterocycles. The lowest BCUT2D eigenvalue weighted by Crippen LogP contribution is -2.24. The zero-order valence-electron chi connectivity index (χ0n) is 12.2. The van der Waals surface area contributed by atoms with Crippen LogP contribution in [0, 0.1) is 17.4 Å². The van der Waals surface area contributed by atoms with Crippen molar-refractivity contribution in [1.29, 1.82) is 0 Å². The van der Waals surface area contributed by atoms with Gasteiger partial charge in [0, 0.05) is 14.5 Å². The zero-order chi connectivity index (χ0) is 14.5. The van der Waals surface area contributed by atoms with Gasteiger partial charge in [0.25, 0.3) is 0 Å². The van der Waals surface area contributed by atoms with Crippen molar-refractivity contribution in [1.82, 2.24) is 10.3 Å². The fraction of sp³-hybridized carbons (Fsp3) is 0.438. The fourth-order valence-corrected chi connectivity index (χ4v) is 3.67. The third-order valence-corrected chi connectivity index (χ3v) is 5.16. The van der Waals surface area contributed by atoms with Gasteiger partial charge < -0.3 is 5.32 Å². The van der Waals surface area contributed by atoms with Gasteiger partial charge in [0.15, 0.2) is 0 Å². The Balaban J connectivity index is 2.19. The number of nitrogens with zero attached hydrogens (tertiary/aromatic N) is 1. The molecule has 2 rings (SSSR count). The van der Waals surface area contributed by atoms with Crippen LogP contribution < -0.4 is 5.32 Å². The molecule has 1 atom stereocenters. The van der Waals surface area contributed by atoms with Gasteiger partial charge in [0.1, 0.15) is 0 Å². The number of thiazole rings is 1. The average molecular weight is 400 g/mol. The van der Waals surface area contributed by atoms with Crippen molar-refractivity contribution >= 4 is 33.9 Å². The third-order valence-electron chi connectivity index (χ3n) is 3.25. The Bertz CT molecular complexity index is 548. The molecular weight excluding hydrogens is 379 g/mol. The van der Waals surface area contributed by atoms with Crippen LogP contribution in [0.3, 0.4) is 0 Å². The molecule has 0 fully saturated rings. The summed E-state index contributed by atoms with van der Waals surface area (Å²) in [7, 11) is 0. The van der Waals surface area contributed by atoms with E-state index in [1.54, 1.807) is 0 Å². The molecular formula is C16H21IN2S. The quantitative estimate of drug-likeness (QED) is 0.715. The van der Waals surface area contributed by atoms with E-state index in [1.165, 1.54) is 19.7 Å². The van der Waals surface area contributed by atoms with Gasteiger partial charge in [-0.1, -0.05) is 19.1 Å². The highest BCUT2D eigenvalue weighted by Crippen LogP contribution is 2.27. The molecule has 0 aliphatic rings. The standard InChI is InChI=1S/C16H21IN2S/c1-4-9-18-15(16-11(2)19-12(3)20-16)10-13-5-7-14(17)8-6-13/h5-8,15,18H,4,9-10H2,1-3H3. The SMILES string of the molecule is CCCNC(Cc1ccc(I)cc1)c1sc(C)nc1C. The van der Waals surface area contributed by atoms with E-state index in [0.29, 0.717) is 6.04 Å². The van der Waals surface area contributed by atoms with Crippen molar-refractivity contribution in [2.45, 2.75) is 39.7 Å². The molecule has 2 nitrogen and oxygen atoms in total. The molecule has 1 unspecified atom stereocenters. The molecule has 2 aromatic rings. The first-order valence-corrected chi connectivity index (χ1v) is 8.91. The highest BCUT2D eigenvalue weighted by molar-refractivity contribution is 14.1. The van der Waals surface area contributed by atoms with E-state index in [2.05, 4.69) is 77.9 Å². The number of benzene rings is 1. The summed E-state index contributed by atoms with van der Waals surface area (Å²) in [4.78, 5) is 5.96. The second-order valence-electron chi connectivity index (χ2n) is 5.02. The maximum atomic E-state index is 4.57. The van der Waals surface area contributed by atoms with Gasteiger partial charge >= 0.3 is 0 Å². The van der Waals surface area contributed by atoms with Crippen molar-refractivity contribution in [2.75, 3.05) is 6.54 Å². The summed E-state index contributed by atoms with van der Waals surface area (Å²) < 4.78 is 1.29. The van der Waals surface area contributed by atoms with Gasteiger partial charge in [-0.15, -0.1) is 11.3 Å². The number of aryl methyl sites for hydroxylation is 2. The Morgan fingerprint density at radius 1 is 1.25 bits per heavy atom. The number of halogens is 1. The molecule has 0 radical (unpaired) electrons. The Morgan fingerprint density at radius 2 is 1.95 bits per heavy atom. The first-order chi connectivity index (χ1) is 9.60. The van der Waals surface area contributed by atoms with Gasteiger partial charge in [-0.3, -0.25) is 0 Å². The molecule has 0 saturated carbocycles. The molecule has 108 valence electrons. The molecule has 0 aliphatic heterocycles. The zero-order valence-corrected chi connectivity index (χ0v) is 15.2. The van der Waals surface area contributed by atoms with E-state index in [-0.39, 0.29) is 0 Å². The number of aromatic nitrogens is 1. The van der Waals surface area contributed by atoms with Crippen LogP contribution in [0.15, 0.2) is 24.3 Å². The van der Waals surface area contributed by atoms with Crippen LogP contribution in [0.2, 0.25) is 0 Å². The highest BCUT2D eigenvalue weighted by atomic mass is 127. The summed E-state index contributed by atoms with van der Waals surface area (Å²) in [6.45, 7) is 7.46. The summed E-state index contributed by atoms with van der Waals surface area (Å²) >= 11 is 4.17. The van der Waals surface area contributed by atoms with Crippen LogP contribution in [-0.2, 0) is 6.42 Å². The molecule has 0 amide bonds. The van der Waals surface area contributed by atoms with Gasteiger partial charge in [-0.25, -0.2) is 4.98 Å². The minimum atomic E-state index is 0.376. The summed E-state index contributed by atoms with van der Waals surface area (Å²) in [6, 6.07) is 9.19. The largest absolute Gasteiger partial charge is 0.309 e. The molecule has 0 aliphatic carbocycles. The minimum absolute atomic E-state index is 0.376. The molecule has 1 aromatic carbocycles. The van der Waals surface area contributed by atoms with Crippen molar-refractivity contribution in [3.05, 3.63) is 49.0 Å². The van der Waals surface area contributed by atoms with E-state index in [0.717, 1.165) is 24.4 Å². The van der Waals surface area contributed by atoms with Crippen LogP contribution in [-0.4, -0.2) is 11.5 Å². The summed E-state index contributed by atoms with van der Waals surface area (Å²) in [5.74, 6) is 0. The Labute approximate surface area is 139 Å². The summed E-state index contributed by atoms with van der Waals surface area (Å²) in [6.07, 6.45) is 2.18. The van der Waals surface area contributed by atoms with Gasteiger partial charge in [-0.2, -0.15) is 0 Å². The number of hydrogen-bond acceptors (Lipinski definition) is 3. The summed E-state index contributed by atoms with van der Waals surface area (Å²) in [5, 5.41) is 4.83. The molecule has 0 saturated heterocycles. The Hall–Kier alpha value is -0.460.